The molecule has 0 aliphatic carbocycles. The van der Waals surface area contributed by atoms with Crippen LogP contribution < -0.4 is 9.80 Å². The Bertz CT molecular complexity index is 4750. The van der Waals surface area contributed by atoms with Crippen LogP contribution >= 0.6 is 0 Å². The molecule has 4 heterocycles. The molecular weight excluding hydrogens is 1000 g/mol. The van der Waals surface area contributed by atoms with Gasteiger partial charge in [0.05, 0.1) is 11.4 Å². The van der Waals surface area contributed by atoms with Crippen LogP contribution in [0.15, 0.2) is 212 Å². The molecule has 11 aromatic carbocycles. The van der Waals surface area contributed by atoms with Crippen molar-refractivity contribution in [1.29, 1.82) is 0 Å². The SMILES string of the molecule is CC(C)c1c(C(C)C)c2c3cc4ccc(N(c5ccccc5)c5cccc6c5oc5c(C(C)(C)C)cccc56)cc4cc3oc2c2oc3cc4cc(N(c5ccccc5)c5cccc6c5oc5c(C(C)(C)C)cccc56)ccc4cc3c12. The van der Waals surface area contributed by atoms with Crippen molar-refractivity contribution in [2.24, 2.45) is 0 Å². The number of fused-ring (bicyclic) bond motifs is 15. The fourth-order valence-corrected chi connectivity index (χ4v) is 13.4. The Kier molecular flexibility index (Phi) is 11.0. The molecule has 0 aliphatic rings. The molecule has 15 aromatic rings. The molecule has 402 valence electrons. The van der Waals surface area contributed by atoms with Gasteiger partial charge in [0.1, 0.15) is 22.3 Å². The molecule has 0 bridgehead atoms. The second-order valence-electron chi connectivity index (χ2n) is 25.2. The molecule has 0 spiro atoms. The average molecular weight is 1070 g/mol. The van der Waals surface area contributed by atoms with E-state index in [9.17, 15) is 0 Å². The second-order valence-corrected chi connectivity index (χ2v) is 25.2. The molecule has 15 rings (SSSR count). The van der Waals surface area contributed by atoms with Gasteiger partial charge in [-0.3, -0.25) is 0 Å². The van der Waals surface area contributed by atoms with E-state index in [1.165, 1.54) is 22.3 Å². The summed E-state index contributed by atoms with van der Waals surface area (Å²) in [6.07, 6.45) is 0. The van der Waals surface area contributed by atoms with Crippen molar-refractivity contribution in [1.82, 2.24) is 0 Å². The summed E-state index contributed by atoms with van der Waals surface area (Å²) in [7, 11) is 0. The number of hydrogen-bond donors (Lipinski definition) is 0. The maximum atomic E-state index is 7.22. The van der Waals surface area contributed by atoms with E-state index in [2.05, 4.69) is 273 Å². The molecule has 0 N–H and O–H groups in total. The molecule has 0 atom stereocenters. The Balaban J connectivity index is 0.902. The minimum absolute atomic E-state index is 0.0899. The number of nitrogens with zero attached hydrogens (tertiary/aromatic N) is 2. The van der Waals surface area contributed by atoms with Crippen LogP contribution in [0.5, 0.6) is 0 Å². The van der Waals surface area contributed by atoms with E-state index < -0.39 is 0 Å². The average Bonchev–Trinajstić information content (AvgIpc) is 3.08. The van der Waals surface area contributed by atoms with E-state index in [0.29, 0.717) is 0 Å². The van der Waals surface area contributed by atoms with Crippen LogP contribution in [-0.4, -0.2) is 0 Å². The summed E-state index contributed by atoms with van der Waals surface area (Å²) < 4.78 is 28.4. The minimum atomic E-state index is -0.0899. The molecule has 6 nitrogen and oxygen atoms in total. The summed E-state index contributed by atoms with van der Waals surface area (Å²) >= 11 is 0. The second kappa shape index (κ2) is 18.1. The van der Waals surface area contributed by atoms with E-state index in [1.54, 1.807) is 0 Å². The van der Waals surface area contributed by atoms with E-state index in [-0.39, 0.29) is 22.7 Å². The predicted molar refractivity (Wildman–Crippen MR) is 346 cm³/mol. The van der Waals surface area contributed by atoms with Crippen LogP contribution in [0.4, 0.5) is 34.1 Å². The quantitative estimate of drug-likeness (QED) is 0.151. The van der Waals surface area contributed by atoms with Gasteiger partial charge in [-0.2, -0.15) is 0 Å². The molecule has 0 fully saturated rings. The fourth-order valence-electron chi connectivity index (χ4n) is 13.4. The number of benzene rings is 11. The first-order valence-corrected chi connectivity index (χ1v) is 28.9. The number of furan rings is 4. The van der Waals surface area contributed by atoms with Gasteiger partial charge in [-0.25, -0.2) is 0 Å². The Labute approximate surface area is 476 Å². The molecule has 4 aromatic heterocycles. The van der Waals surface area contributed by atoms with Gasteiger partial charge in [-0.15, -0.1) is 0 Å². The maximum Gasteiger partial charge on any atom is 0.178 e. The lowest BCUT2D eigenvalue weighted by atomic mass is 9.84. The van der Waals surface area contributed by atoms with E-state index in [4.69, 9.17) is 17.7 Å². The Morgan fingerprint density at radius 1 is 0.305 bits per heavy atom. The lowest BCUT2D eigenvalue weighted by Gasteiger charge is -2.26. The summed E-state index contributed by atoms with van der Waals surface area (Å²) in [5, 5.41) is 13.3. The number of anilines is 6. The van der Waals surface area contributed by atoms with Crippen molar-refractivity contribution < 1.29 is 17.7 Å². The first-order chi connectivity index (χ1) is 39.6. The third kappa shape index (κ3) is 7.60. The number of hydrogen-bond acceptors (Lipinski definition) is 6. The molecule has 0 radical (unpaired) electrons. The molecule has 82 heavy (non-hydrogen) atoms. The monoisotopic (exact) mass is 1070 g/mol. The van der Waals surface area contributed by atoms with Gasteiger partial charge in [0.15, 0.2) is 22.3 Å². The highest BCUT2D eigenvalue weighted by Crippen LogP contribution is 2.51. The zero-order valence-corrected chi connectivity index (χ0v) is 48.2. The van der Waals surface area contributed by atoms with Crippen molar-refractivity contribution in [3.05, 3.63) is 216 Å². The largest absolute Gasteiger partial charge is 0.454 e. The number of rotatable bonds is 8. The Morgan fingerprint density at radius 2 is 0.683 bits per heavy atom. The zero-order chi connectivity index (χ0) is 56.1. The third-order valence-corrected chi connectivity index (χ3v) is 17.1. The van der Waals surface area contributed by atoms with E-state index in [1.807, 2.05) is 0 Å². The lowest BCUT2D eigenvalue weighted by molar-refractivity contribution is 0.572. The first kappa shape index (κ1) is 49.8. The predicted octanol–water partition coefficient (Wildman–Crippen LogP) is 23.4. The molecule has 6 heteroatoms. The van der Waals surface area contributed by atoms with Gasteiger partial charge in [-0.05, 0) is 140 Å². The zero-order valence-electron chi connectivity index (χ0n) is 48.2. The summed E-state index contributed by atoms with van der Waals surface area (Å²) in [6.45, 7) is 22.7. The molecule has 0 saturated carbocycles. The molecule has 0 saturated heterocycles. The lowest BCUT2D eigenvalue weighted by Crippen LogP contribution is -2.11. The number of para-hydroxylation sites is 6. The van der Waals surface area contributed by atoms with Crippen molar-refractivity contribution in [2.45, 2.75) is 91.9 Å². The topological polar surface area (TPSA) is 59.0 Å². The normalized spacial score (nSPS) is 12.7. The highest BCUT2D eigenvalue weighted by molar-refractivity contribution is 6.24. The van der Waals surface area contributed by atoms with Crippen molar-refractivity contribution in [3.63, 3.8) is 0 Å². The van der Waals surface area contributed by atoms with Crippen molar-refractivity contribution >= 4 is 143 Å². The van der Waals surface area contributed by atoms with E-state index in [0.717, 1.165) is 143 Å². The molecule has 0 amide bonds. The summed E-state index contributed by atoms with van der Waals surface area (Å²) in [5.41, 5.74) is 17.7. The standard InChI is InChI=1S/C76H64N2O4/c1-43(2)65-66(44(3)4)68-58-40-46-34-36-52(78(50-23-15-12-16-24-50)62-32-20-28-56-54-26-18-30-60(76(8,9)10)70(54)82-72(56)62)38-48(46)42-64(58)80-74(68)73-67(65)57-39-45-33-35-51(37-47(45)41-63(57)79-73)77(49-21-13-11-14-22-49)61-31-19-27-55-53-25-17-29-59(75(5,6)7)69(53)81-71(55)61/h11-44H,1-10H3. The molecule has 0 unspecified atom stereocenters. The van der Waals surface area contributed by atoms with Crippen LogP contribution in [0.3, 0.4) is 0 Å². The van der Waals surface area contributed by atoms with Gasteiger partial charge in [0, 0.05) is 77.0 Å². The van der Waals surface area contributed by atoms with Crippen LogP contribution in [0.1, 0.15) is 103 Å². The van der Waals surface area contributed by atoms with Gasteiger partial charge >= 0.3 is 0 Å². The Hall–Kier alpha value is -9.26. The highest BCUT2D eigenvalue weighted by Gasteiger charge is 2.30. The first-order valence-electron chi connectivity index (χ1n) is 28.9. The van der Waals surface area contributed by atoms with Crippen molar-refractivity contribution in [3.8, 4) is 0 Å². The van der Waals surface area contributed by atoms with Crippen LogP contribution in [0.25, 0.3) is 109 Å². The molecular formula is C76H64N2O4. The van der Waals surface area contributed by atoms with Crippen molar-refractivity contribution in [2.75, 3.05) is 9.80 Å². The highest BCUT2D eigenvalue weighted by atomic mass is 16.4. The molecule has 0 aliphatic heterocycles. The summed E-state index contributed by atoms with van der Waals surface area (Å²) in [4.78, 5) is 4.64. The third-order valence-electron chi connectivity index (χ3n) is 17.1. The minimum Gasteiger partial charge on any atom is -0.454 e. The summed E-state index contributed by atoms with van der Waals surface area (Å²) in [5.74, 6) is 0.410. The Morgan fingerprint density at radius 3 is 1.06 bits per heavy atom. The van der Waals surface area contributed by atoms with Gasteiger partial charge in [-0.1, -0.05) is 178 Å². The van der Waals surface area contributed by atoms with Gasteiger partial charge in [0.2, 0.25) is 0 Å². The van der Waals surface area contributed by atoms with Crippen LogP contribution in [0.2, 0.25) is 0 Å². The maximum absolute atomic E-state index is 7.22. The van der Waals surface area contributed by atoms with E-state index >= 15 is 0 Å². The summed E-state index contributed by atoms with van der Waals surface area (Å²) in [6, 6.07) is 69.9. The van der Waals surface area contributed by atoms with Crippen LogP contribution in [0, 0.1) is 0 Å². The van der Waals surface area contributed by atoms with Gasteiger partial charge < -0.3 is 27.5 Å². The fraction of sp³-hybridized carbons (Fsp3) is 0.184. The van der Waals surface area contributed by atoms with Crippen LogP contribution in [-0.2, 0) is 10.8 Å². The smallest absolute Gasteiger partial charge is 0.178 e. The van der Waals surface area contributed by atoms with Gasteiger partial charge in [0.25, 0.3) is 0 Å².